The molecule has 0 spiro atoms. The predicted molar refractivity (Wildman–Crippen MR) is 104 cm³/mol. The van der Waals surface area contributed by atoms with Crippen molar-refractivity contribution in [2.24, 2.45) is 4.99 Å². The molecule has 1 N–H and O–H groups in total. The van der Waals surface area contributed by atoms with Gasteiger partial charge in [-0.05, 0) is 25.3 Å². The van der Waals surface area contributed by atoms with Crippen LogP contribution in [0, 0.1) is 10.9 Å². The van der Waals surface area contributed by atoms with Gasteiger partial charge in [0, 0.05) is 25.2 Å². The van der Waals surface area contributed by atoms with Crippen molar-refractivity contribution in [1.29, 1.82) is 0 Å². The van der Waals surface area contributed by atoms with Gasteiger partial charge in [0.05, 0.1) is 30.1 Å². The van der Waals surface area contributed by atoms with Crippen LogP contribution < -0.4 is 10.1 Å². The monoisotopic (exact) mass is 420 g/mol. The summed E-state index contributed by atoms with van der Waals surface area (Å²) in [7, 11) is 0. The molecular formula is C19H18F2N4O3S. The number of thiazole rings is 1. The summed E-state index contributed by atoms with van der Waals surface area (Å²) in [6.07, 6.45) is 4.96. The summed E-state index contributed by atoms with van der Waals surface area (Å²) >= 11 is 0.740. The Morgan fingerprint density at radius 2 is 2.24 bits per heavy atom. The Kier molecular flexibility index (Phi) is 5.52. The molecule has 2 aromatic rings. The average Bonchev–Trinajstić information content (AvgIpc) is 3.30. The van der Waals surface area contributed by atoms with Crippen molar-refractivity contribution >= 4 is 40.2 Å². The number of amides is 2. The fraction of sp³-hybridized carbons (Fsp3) is 0.368. The number of carbonyl (C=O) groups excluding carboxylic acids is 2. The molecule has 1 aromatic heterocycles. The second-order valence-corrected chi connectivity index (χ2v) is 7.74. The number of anilines is 1. The minimum atomic E-state index is -0.646. The summed E-state index contributed by atoms with van der Waals surface area (Å²) < 4.78 is 32.7. The molecular weight excluding hydrogens is 402 g/mol. The lowest BCUT2D eigenvalue weighted by molar-refractivity contribution is -0.116. The highest BCUT2D eigenvalue weighted by Gasteiger charge is 2.32. The molecule has 1 aromatic carbocycles. The van der Waals surface area contributed by atoms with E-state index in [2.05, 4.69) is 15.3 Å². The largest absolute Gasteiger partial charge is 0.490 e. The highest BCUT2D eigenvalue weighted by Crippen LogP contribution is 2.33. The van der Waals surface area contributed by atoms with E-state index < -0.39 is 10.9 Å². The number of nitrogens with zero attached hydrogens (tertiary/aromatic N) is 3. The van der Waals surface area contributed by atoms with Crippen LogP contribution >= 0.6 is 11.3 Å². The first-order valence-corrected chi connectivity index (χ1v) is 10.1. The van der Waals surface area contributed by atoms with Gasteiger partial charge in [-0.3, -0.25) is 14.6 Å². The zero-order valence-corrected chi connectivity index (χ0v) is 16.2. The maximum Gasteiger partial charge on any atom is 0.256 e. The van der Waals surface area contributed by atoms with E-state index in [9.17, 15) is 18.4 Å². The summed E-state index contributed by atoms with van der Waals surface area (Å²) in [4.78, 5) is 34.2. The minimum Gasteiger partial charge on any atom is -0.490 e. The van der Waals surface area contributed by atoms with Gasteiger partial charge in [0.2, 0.25) is 5.91 Å². The van der Waals surface area contributed by atoms with Gasteiger partial charge >= 0.3 is 0 Å². The van der Waals surface area contributed by atoms with E-state index in [-0.39, 0.29) is 47.3 Å². The van der Waals surface area contributed by atoms with Gasteiger partial charge in [-0.1, -0.05) is 11.3 Å². The first kappa shape index (κ1) is 19.4. The number of carbonyl (C=O) groups is 2. The van der Waals surface area contributed by atoms with Crippen molar-refractivity contribution in [3.8, 4) is 5.75 Å². The molecule has 0 saturated carbocycles. The fourth-order valence-electron chi connectivity index (χ4n) is 3.36. The lowest BCUT2D eigenvalue weighted by Crippen LogP contribution is -2.35. The SMILES string of the molecule is O=C(CCCOc1cc2c(cc1F)C(=O)N1CCC[C@H]1C=N2)Nc1ncc(F)s1. The van der Waals surface area contributed by atoms with Crippen LogP contribution in [-0.2, 0) is 4.79 Å². The van der Waals surface area contributed by atoms with Crippen molar-refractivity contribution in [2.75, 3.05) is 18.5 Å². The van der Waals surface area contributed by atoms with Gasteiger partial charge < -0.3 is 15.0 Å². The van der Waals surface area contributed by atoms with E-state index in [0.29, 0.717) is 18.7 Å². The molecule has 1 fully saturated rings. The number of halogens is 2. The normalized spacial score (nSPS) is 17.7. The van der Waals surface area contributed by atoms with Crippen molar-refractivity contribution in [3.05, 3.63) is 34.8 Å². The summed E-state index contributed by atoms with van der Waals surface area (Å²) in [5.74, 6) is -1.22. The molecule has 0 aliphatic carbocycles. The van der Waals surface area contributed by atoms with Crippen LogP contribution in [0.25, 0.3) is 0 Å². The number of nitrogens with one attached hydrogen (secondary N) is 1. The topological polar surface area (TPSA) is 83.9 Å². The Hall–Kier alpha value is -2.88. The number of hydrogen-bond acceptors (Lipinski definition) is 6. The van der Waals surface area contributed by atoms with Crippen LogP contribution in [0.4, 0.5) is 19.6 Å². The highest BCUT2D eigenvalue weighted by molar-refractivity contribution is 7.14. The van der Waals surface area contributed by atoms with Gasteiger partial charge in [-0.2, -0.15) is 4.39 Å². The standard InChI is InChI=1S/C19H18F2N4O3S/c20-13-7-12-14(22-9-11-3-1-5-25(11)18(12)27)8-15(13)28-6-2-4-17(26)24-19-23-10-16(21)29-19/h7-11H,1-6H2,(H,23,24,26)/t11-/m0/s1. The molecule has 4 rings (SSSR count). The van der Waals surface area contributed by atoms with Crippen LogP contribution in [0.15, 0.2) is 23.3 Å². The molecule has 0 radical (unpaired) electrons. The van der Waals surface area contributed by atoms with Crippen molar-refractivity contribution in [2.45, 2.75) is 31.7 Å². The Balaban J connectivity index is 1.34. The molecule has 29 heavy (non-hydrogen) atoms. The lowest BCUT2D eigenvalue weighted by atomic mass is 10.1. The molecule has 10 heteroatoms. The molecule has 7 nitrogen and oxygen atoms in total. The predicted octanol–water partition coefficient (Wildman–Crippen LogP) is 3.54. The minimum absolute atomic E-state index is 0.0156. The maximum atomic E-state index is 14.4. The second-order valence-electron chi connectivity index (χ2n) is 6.76. The van der Waals surface area contributed by atoms with E-state index in [4.69, 9.17) is 4.74 Å². The molecule has 0 bridgehead atoms. The van der Waals surface area contributed by atoms with E-state index >= 15 is 0 Å². The maximum absolute atomic E-state index is 14.4. The van der Waals surface area contributed by atoms with Gasteiger partial charge in [0.15, 0.2) is 21.8 Å². The number of ether oxygens (including phenoxy) is 1. The Labute approximate surface area is 169 Å². The van der Waals surface area contributed by atoms with Gasteiger partial charge in [-0.25, -0.2) is 9.37 Å². The number of aliphatic imine (C=N–C) groups is 1. The second kappa shape index (κ2) is 8.24. The van der Waals surface area contributed by atoms with Crippen LogP contribution in [0.5, 0.6) is 5.75 Å². The van der Waals surface area contributed by atoms with E-state index in [1.807, 2.05) is 0 Å². The van der Waals surface area contributed by atoms with Crippen LogP contribution in [0.3, 0.4) is 0 Å². The molecule has 152 valence electrons. The number of fused-ring (bicyclic) bond motifs is 2. The highest BCUT2D eigenvalue weighted by atomic mass is 32.1. The number of rotatable bonds is 6. The first-order chi connectivity index (χ1) is 14.0. The quantitative estimate of drug-likeness (QED) is 0.725. The fourth-order valence-corrected chi connectivity index (χ4v) is 3.92. The molecule has 2 aliphatic rings. The summed E-state index contributed by atoms with van der Waals surface area (Å²) in [5.41, 5.74) is 0.606. The molecule has 1 atom stereocenters. The molecule has 0 unspecified atom stereocenters. The van der Waals surface area contributed by atoms with E-state index in [1.54, 1.807) is 11.1 Å². The summed E-state index contributed by atoms with van der Waals surface area (Å²) in [5, 5.41) is 2.19. The van der Waals surface area contributed by atoms with Gasteiger partial charge in [-0.15, -0.1) is 0 Å². The molecule has 2 aliphatic heterocycles. The van der Waals surface area contributed by atoms with Crippen molar-refractivity contribution in [3.63, 3.8) is 0 Å². The smallest absolute Gasteiger partial charge is 0.256 e. The lowest BCUT2D eigenvalue weighted by Gasteiger charge is -2.20. The molecule has 3 heterocycles. The van der Waals surface area contributed by atoms with Crippen LogP contribution in [-0.4, -0.2) is 47.1 Å². The van der Waals surface area contributed by atoms with Crippen molar-refractivity contribution in [1.82, 2.24) is 9.88 Å². The summed E-state index contributed by atoms with van der Waals surface area (Å²) in [6, 6.07) is 2.53. The van der Waals surface area contributed by atoms with Crippen LogP contribution in [0.2, 0.25) is 0 Å². The molecule has 2 amide bonds. The Bertz CT molecular complexity index is 978. The number of hydrogen-bond donors (Lipinski definition) is 1. The average molecular weight is 420 g/mol. The Morgan fingerprint density at radius 1 is 1.38 bits per heavy atom. The zero-order valence-electron chi connectivity index (χ0n) is 15.4. The Morgan fingerprint density at radius 3 is 3.03 bits per heavy atom. The van der Waals surface area contributed by atoms with E-state index in [0.717, 1.165) is 36.4 Å². The molecule has 1 saturated heterocycles. The number of aromatic nitrogens is 1. The third-order valence-corrected chi connectivity index (χ3v) is 5.46. The van der Waals surface area contributed by atoms with Crippen LogP contribution in [0.1, 0.15) is 36.0 Å². The zero-order chi connectivity index (χ0) is 20.4. The summed E-state index contributed by atoms with van der Waals surface area (Å²) in [6.45, 7) is 0.742. The van der Waals surface area contributed by atoms with E-state index in [1.165, 1.54) is 6.07 Å². The van der Waals surface area contributed by atoms with Gasteiger partial charge in [0.1, 0.15) is 0 Å². The third-order valence-electron chi connectivity index (χ3n) is 4.76. The first-order valence-electron chi connectivity index (χ1n) is 9.24. The number of benzene rings is 1. The third kappa shape index (κ3) is 4.26. The van der Waals surface area contributed by atoms with Gasteiger partial charge in [0.25, 0.3) is 5.91 Å². The van der Waals surface area contributed by atoms with Crippen molar-refractivity contribution < 1.29 is 23.1 Å².